The molecule has 1 aliphatic rings. The van der Waals surface area contributed by atoms with Gasteiger partial charge < -0.3 is 4.74 Å². The molecule has 0 aliphatic heterocycles. The molecular formula is C18H17FO2. The molecule has 0 atom stereocenters. The van der Waals surface area contributed by atoms with Gasteiger partial charge >= 0.3 is 0 Å². The lowest BCUT2D eigenvalue weighted by atomic mass is 10.1. The molecule has 0 saturated heterocycles. The van der Waals surface area contributed by atoms with Crippen LogP contribution in [-0.2, 0) is 12.8 Å². The Hall–Kier alpha value is -2.16. The summed E-state index contributed by atoms with van der Waals surface area (Å²) < 4.78 is 18.4. The lowest BCUT2D eigenvalue weighted by Gasteiger charge is -2.08. The van der Waals surface area contributed by atoms with Gasteiger partial charge in [-0.3, -0.25) is 4.79 Å². The number of carbonyl (C=O) groups excluding carboxylic acids is 1. The SMILES string of the molecule is O=C(CCOc1ccc2c(c1)CCC2)c1ccc(F)cc1. The highest BCUT2D eigenvalue weighted by Crippen LogP contribution is 2.26. The summed E-state index contributed by atoms with van der Waals surface area (Å²) in [6.07, 6.45) is 3.77. The average Bonchev–Trinajstić information content (AvgIpc) is 2.95. The molecule has 2 aromatic carbocycles. The summed E-state index contributed by atoms with van der Waals surface area (Å²) in [7, 11) is 0. The molecule has 0 radical (unpaired) electrons. The summed E-state index contributed by atoms with van der Waals surface area (Å²) in [5, 5.41) is 0. The van der Waals surface area contributed by atoms with Gasteiger partial charge in [0.05, 0.1) is 6.61 Å². The maximum atomic E-state index is 12.8. The topological polar surface area (TPSA) is 26.3 Å². The smallest absolute Gasteiger partial charge is 0.166 e. The Morgan fingerprint density at radius 1 is 1.05 bits per heavy atom. The summed E-state index contributed by atoms with van der Waals surface area (Å²) in [6, 6.07) is 11.8. The molecule has 0 saturated carbocycles. The van der Waals surface area contributed by atoms with Crippen molar-refractivity contribution in [2.75, 3.05) is 6.61 Å². The van der Waals surface area contributed by atoms with Gasteiger partial charge in [-0.2, -0.15) is 0 Å². The van der Waals surface area contributed by atoms with E-state index < -0.39 is 0 Å². The molecule has 0 bridgehead atoms. The molecule has 0 amide bonds. The molecule has 0 spiro atoms. The van der Waals surface area contributed by atoms with Crippen LogP contribution in [0, 0.1) is 5.82 Å². The number of ether oxygens (including phenoxy) is 1. The fourth-order valence-corrected chi connectivity index (χ4v) is 2.68. The minimum atomic E-state index is -0.332. The molecule has 21 heavy (non-hydrogen) atoms. The second-order valence-electron chi connectivity index (χ2n) is 5.31. The lowest BCUT2D eigenvalue weighted by molar-refractivity contribution is 0.0962. The number of rotatable bonds is 5. The number of Topliss-reactive ketones (excluding diaryl/α,β-unsaturated/α-hetero) is 1. The van der Waals surface area contributed by atoms with E-state index in [4.69, 9.17) is 4.74 Å². The molecule has 1 aliphatic carbocycles. The minimum Gasteiger partial charge on any atom is -0.493 e. The number of halogens is 1. The average molecular weight is 284 g/mol. The van der Waals surface area contributed by atoms with Crippen LogP contribution in [0.2, 0.25) is 0 Å². The lowest BCUT2D eigenvalue weighted by Crippen LogP contribution is -2.07. The number of aryl methyl sites for hydroxylation is 2. The van der Waals surface area contributed by atoms with E-state index in [-0.39, 0.29) is 11.6 Å². The van der Waals surface area contributed by atoms with Crippen LogP contribution in [0.4, 0.5) is 4.39 Å². The Kier molecular flexibility index (Phi) is 4.00. The zero-order valence-corrected chi connectivity index (χ0v) is 11.8. The largest absolute Gasteiger partial charge is 0.493 e. The number of fused-ring (bicyclic) bond motifs is 1. The van der Waals surface area contributed by atoms with Gasteiger partial charge in [-0.25, -0.2) is 4.39 Å². The second kappa shape index (κ2) is 6.08. The van der Waals surface area contributed by atoms with Crippen LogP contribution in [0.25, 0.3) is 0 Å². The molecule has 3 rings (SSSR count). The Bertz CT molecular complexity index is 647. The maximum Gasteiger partial charge on any atom is 0.166 e. The van der Waals surface area contributed by atoms with Gasteiger partial charge in [0, 0.05) is 12.0 Å². The van der Waals surface area contributed by atoms with Crippen molar-refractivity contribution in [1.29, 1.82) is 0 Å². The zero-order valence-electron chi connectivity index (χ0n) is 11.8. The van der Waals surface area contributed by atoms with E-state index in [1.807, 2.05) is 6.07 Å². The van der Waals surface area contributed by atoms with Gasteiger partial charge in [0.1, 0.15) is 11.6 Å². The quantitative estimate of drug-likeness (QED) is 0.777. The first kappa shape index (κ1) is 13.8. The third-order valence-electron chi connectivity index (χ3n) is 3.83. The molecule has 108 valence electrons. The van der Waals surface area contributed by atoms with Crippen molar-refractivity contribution >= 4 is 5.78 Å². The minimum absolute atomic E-state index is 0.0313. The van der Waals surface area contributed by atoms with Crippen LogP contribution in [-0.4, -0.2) is 12.4 Å². The Morgan fingerprint density at radius 3 is 2.62 bits per heavy atom. The molecule has 0 unspecified atom stereocenters. The highest BCUT2D eigenvalue weighted by atomic mass is 19.1. The fraction of sp³-hybridized carbons (Fsp3) is 0.278. The Labute approximate surface area is 123 Å². The van der Waals surface area contributed by atoms with E-state index in [1.54, 1.807) is 0 Å². The molecule has 0 N–H and O–H groups in total. The molecule has 0 fully saturated rings. The van der Waals surface area contributed by atoms with Crippen molar-refractivity contribution in [1.82, 2.24) is 0 Å². The summed E-state index contributed by atoms with van der Waals surface area (Å²) >= 11 is 0. The van der Waals surface area contributed by atoms with Crippen molar-refractivity contribution in [2.24, 2.45) is 0 Å². The number of ketones is 1. The highest BCUT2D eigenvalue weighted by Gasteiger charge is 2.11. The van der Waals surface area contributed by atoms with E-state index in [2.05, 4.69) is 12.1 Å². The predicted molar refractivity (Wildman–Crippen MR) is 79.3 cm³/mol. The van der Waals surface area contributed by atoms with E-state index >= 15 is 0 Å². The van der Waals surface area contributed by atoms with Crippen molar-refractivity contribution < 1.29 is 13.9 Å². The van der Waals surface area contributed by atoms with Crippen LogP contribution in [0.15, 0.2) is 42.5 Å². The first-order valence-corrected chi connectivity index (χ1v) is 7.26. The first-order chi connectivity index (χ1) is 10.2. The fourth-order valence-electron chi connectivity index (χ4n) is 2.68. The predicted octanol–water partition coefficient (Wildman–Crippen LogP) is 3.97. The van der Waals surface area contributed by atoms with Crippen molar-refractivity contribution in [3.63, 3.8) is 0 Å². The van der Waals surface area contributed by atoms with Crippen LogP contribution >= 0.6 is 0 Å². The molecular weight excluding hydrogens is 267 g/mol. The summed E-state index contributed by atoms with van der Waals surface area (Å²) in [5.41, 5.74) is 3.29. The van der Waals surface area contributed by atoms with Crippen LogP contribution < -0.4 is 4.74 Å². The van der Waals surface area contributed by atoms with E-state index in [0.717, 1.165) is 18.6 Å². The van der Waals surface area contributed by atoms with Crippen molar-refractivity contribution in [3.8, 4) is 5.75 Å². The standard InChI is InChI=1S/C18H17FO2/c19-16-7-4-14(5-8-16)18(20)10-11-21-17-9-6-13-2-1-3-15(13)12-17/h4-9,12H,1-3,10-11H2. The Morgan fingerprint density at radius 2 is 1.81 bits per heavy atom. The van der Waals surface area contributed by atoms with Crippen molar-refractivity contribution in [2.45, 2.75) is 25.7 Å². The second-order valence-corrected chi connectivity index (χ2v) is 5.31. The van der Waals surface area contributed by atoms with Crippen LogP contribution in [0.5, 0.6) is 5.75 Å². The highest BCUT2D eigenvalue weighted by molar-refractivity contribution is 5.96. The number of carbonyl (C=O) groups is 1. The molecule has 3 heteroatoms. The van der Waals surface area contributed by atoms with Gasteiger partial charge in [-0.15, -0.1) is 0 Å². The number of benzene rings is 2. The van der Waals surface area contributed by atoms with E-state index in [1.165, 1.54) is 41.8 Å². The van der Waals surface area contributed by atoms with Gasteiger partial charge in [-0.05, 0) is 66.8 Å². The zero-order chi connectivity index (χ0) is 14.7. The van der Waals surface area contributed by atoms with E-state index in [9.17, 15) is 9.18 Å². The number of hydrogen-bond acceptors (Lipinski definition) is 2. The van der Waals surface area contributed by atoms with E-state index in [0.29, 0.717) is 18.6 Å². The first-order valence-electron chi connectivity index (χ1n) is 7.26. The van der Waals surface area contributed by atoms with Crippen molar-refractivity contribution in [3.05, 3.63) is 65.0 Å². The molecule has 0 aromatic heterocycles. The third kappa shape index (κ3) is 3.30. The van der Waals surface area contributed by atoms with Crippen LogP contribution in [0.3, 0.4) is 0 Å². The van der Waals surface area contributed by atoms with Gasteiger partial charge in [0.25, 0.3) is 0 Å². The van der Waals surface area contributed by atoms with Gasteiger partial charge in [-0.1, -0.05) is 6.07 Å². The van der Waals surface area contributed by atoms with Gasteiger partial charge in [0.2, 0.25) is 0 Å². The normalized spacial score (nSPS) is 13.0. The van der Waals surface area contributed by atoms with Crippen LogP contribution in [0.1, 0.15) is 34.3 Å². The molecule has 2 nitrogen and oxygen atoms in total. The maximum absolute atomic E-state index is 12.8. The monoisotopic (exact) mass is 284 g/mol. The molecule has 2 aromatic rings. The van der Waals surface area contributed by atoms with Gasteiger partial charge in [0.15, 0.2) is 5.78 Å². The summed E-state index contributed by atoms with van der Waals surface area (Å²) in [5.74, 6) is 0.458. The molecule has 0 heterocycles. The summed E-state index contributed by atoms with van der Waals surface area (Å²) in [6.45, 7) is 0.342. The number of hydrogen-bond donors (Lipinski definition) is 0. The third-order valence-corrected chi connectivity index (χ3v) is 3.83. The summed E-state index contributed by atoms with van der Waals surface area (Å²) in [4.78, 5) is 11.9. The Balaban J connectivity index is 1.54.